The molecule has 0 spiro atoms. The Morgan fingerprint density at radius 1 is 1.50 bits per heavy atom. The molecule has 0 aromatic heterocycles. The van der Waals surface area contributed by atoms with Gasteiger partial charge in [0.05, 0.1) is 0 Å². The Morgan fingerprint density at radius 2 is 2.12 bits per heavy atom. The van der Waals surface area contributed by atoms with Crippen molar-refractivity contribution in [1.29, 1.82) is 0 Å². The van der Waals surface area contributed by atoms with Gasteiger partial charge in [-0.15, -0.1) is 0 Å². The maximum Gasteiger partial charge on any atom is 0.0271 e. The molecule has 0 heterocycles. The lowest BCUT2D eigenvalue weighted by atomic mass is 9.84. The van der Waals surface area contributed by atoms with Crippen molar-refractivity contribution in [3.8, 4) is 0 Å². The first-order valence-electron chi connectivity index (χ1n) is 3.04. The average Bonchev–Trinajstić information content (AvgIpc) is 1.62. The minimum atomic E-state index is 0.733. The predicted molar refractivity (Wildman–Crippen MR) is 43.9 cm³/mol. The summed E-state index contributed by atoms with van der Waals surface area (Å²) in [5.74, 6) is 0.967. The second-order valence-corrected chi connectivity index (χ2v) is 4.18. The maximum absolute atomic E-state index is 3.61. The van der Waals surface area contributed by atoms with Crippen molar-refractivity contribution in [2.75, 3.05) is 5.33 Å². The first-order chi connectivity index (χ1) is 3.84. The van der Waals surface area contributed by atoms with Crippen molar-refractivity contribution in [1.82, 2.24) is 0 Å². The van der Waals surface area contributed by atoms with Gasteiger partial charge in [-0.1, -0.05) is 38.3 Å². The van der Waals surface area contributed by atoms with Crippen LogP contribution >= 0.6 is 31.9 Å². The largest absolute Gasteiger partial charge is 0.0916 e. The van der Waals surface area contributed by atoms with E-state index in [9.17, 15) is 0 Å². The van der Waals surface area contributed by atoms with Crippen LogP contribution in [-0.2, 0) is 0 Å². The number of rotatable bonds is 2. The van der Waals surface area contributed by atoms with Gasteiger partial charge in [0.2, 0.25) is 0 Å². The molecule has 1 aliphatic rings. The smallest absolute Gasteiger partial charge is 0.0271 e. The van der Waals surface area contributed by atoms with Gasteiger partial charge in [-0.2, -0.15) is 0 Å². The third-order valence-electron chi connectivity index (χ3n) is 1.81. The fraction of sp³-hybridized carbons (Fsp3) is 1.00. The molecule has 1 unspecified atom stereocenters. The zero-order valence-electron chi connectivity index (χ0n) is 4.74. The highest BCUT2D eigenvalue weighted by molar-refractivity contribution is 9.12. The summed E-state index contributed by atoms with van der Waals surface area (Å²) in [7, 11) is 0. The van der Waals surface area contributed by atoms with Crippen LogP contribution in [0.3, 0.4) is 0 Å². The Kier molecular flexibility index (Phi) is 2.84. The van der Waals surface area contributed by atoms with E-state index >= 15 is 0 Å². The van der Waals surface area contributed by atoms with Crippen LogP contribution in [0.5, 0.6) is 0 Å². The van der Waals surface area contributed by atoms with Gasteiger partial charge in [0.1, 0.15) is 0 Å². The Bertz CT molecular complexity index is 66.2. The lowest BCUT2D eigenvalue weighted by Gasteiger charge is -2.28. The van der Waals surface area contributed by atoms with Crippen LogP contribution in [0.2, 0.25) is 0 Å². The van der Waals surface area contributed by atoms with E-state index in [-0.39, 0.29) is 0 Å². The Morgan fingerprint density at radius 3 is 2.25 bits per heavy atom. The van der Waals surface area contributed by atoms with E-state index in [0.717, 1.165) is 16.1 Å². The van der Waals surface area contributed by atoms with Crippen LogP contribution in [0.25, 0.3) is 0 Å². The summed E-state index contributed by atoms with van der Waals surface area (Å²) in [4.78, 5) is 0.733. The van der Waals surface area contributed by atoms with Crippen molar-refractivity contribution in [3.63, 3.8) is 0 Å². The number of hydrogen-bond donors (Lipinski definition) is 0. The molecule has 1 atom stereocenters. The van der Waals surface area contributed by atoms with Gasteiger partial charge < -0.3 is 0 Å². The van der Waals surface area contributed by atoms with Crippen LogP contribution in [0.15, 0.2) is 0 Å². The highest BCUT2D eigenvalue weighted by atomic mass is 79.9. The zero-order chi connectivity index (χ0) is 5.98. The van der Waals surface area contributed by atoms with Gasteiger partial charge in [0.25, 0.3) is 0 Å². The van der Waals surface area contributed by atoms with Gasteiger partial charge >= 0.3 is 0 Å². The molecule has 8 heavy (non-hydrogen) atoms. The van der Waals surface area contributed by atoms with E-state index in [0.29, 0.717) is 0 Å². The van der Waals surface area contributed by atoms with E-state index in [2.05, 4.69) is 31.9 Å². The Balaban J connectivity index is 2.13. The minimum Gasteiger partial charge on any atom is -0.0916 e. The molecule has 48 valence electrons. The third kappa shape index (κ3) is 1.47. The van der Waals surface area contributed by atoms with Crippen molar-refractivity contribution < 1.29 is 0 Å². The first kappa shape index (κ1) is 7.07. The van der Waals surface area contributed by atoms with Crippen LogP contribution in [0, 0.1) is 5.92 Å². The molecule has 1 rings (SSSR count). The highest BCUT2D eigenvalue weighted by Crippen LogP contribution is 2.33. The van der Waals surface area contributed by atoms with E-state index in [1.165, 1.54) is 19.3 Å². The van der Waals surface area contributed by atoms with Crippen LogP contribution in [0.1, 0.15) is 19.3 Å². The molecule has 0 bridgehead atoms. The molecule has 0 aromatic carbocycles. The van der Waals surface area contributed by atoms with Gasteiger partial charge in [-0.05, 0) is 18.8 Å². The van der Waals surface area contributed by atoms with Crippen LogP contribution in [-0.4, -0.2) is 10.2 Å². The molecule has 1 fully saturated rings. The minimum absolute atomic E-state index is 0.733. The monoisotopic (exact) mass is 240 g/mol. The summed E-state index contributed by atoms with van der Waals surface area (Å²) < 4.78 is 0. The molecule has 0 radical (unpaired) electrons. The molecule has 0 aliphatic heterocycles. The molecule has 0 nitrogen and oxygen atoms in total. The Labute approximate surface area is 67.3 Å². The average molecular weight is 242 g/mol. The van der Waals surface area contributed by atoms with Crippen molar-refractivity contribution in [2.45, 2.75) is 24.1 Å². The Hall–Kier alpha value is 0.960. The highest BCUT2D eigenvalue weighted by Gasteiger charge is 2.23. The van der Waals surface area contributed by atoms with Crippen LogP contribution < -0.4 is 0 Å². The van der Waals surface area contributed by atoms with Crippen LogP contribution in [0.4, 0.5) is 0 Å². The quantitative estimate of drug-likeness (QED) is 0.653. The van der Waals surface area contributed by atoms with Gasteiger partial charge in [-0.25, -0.2) is 0 Å². The first-order valence-corrected chi connectivity index (χ1v) is 5.08. The summed E-state index contributed by atoms with van der Waals surface area (Å²) in [6.07, 6.45) is 4.31. The second kappa shape index (κ2) is 3.21. The summed E-state index contributed by atoms with van der Waals surface area (Å²) in [6, 6.07) is 0. The summed E-state index contributed by atoms with van der Waals surface area (Å²) in [6.45, 7) is 0. The summed E-state index contributed by atoms with van der Waals surface area (Å²) in [5, 5.41) is 1.11. The van der Waals surface area contributed by atoms with E-state index in [4.69, 9.17) is 0 Å². The van der Waals surface area contributed by atoms with Crippen molar-refractivity contribution in [2.24, 2.45) is 5.92 Å². The van der Waals surface area contributed by atoms with E-state index in [1.807, 2.05) is 0 Å². The fourth-order valence-electron chi connectivity index (χ4n) is 0.928. The summed E-state index contributed by atoms with van der Waals surface area (Å²) >= 11 is 7.05. The summed E-state index contributed by atoms with van der Waals surface area (Å²) in [5.41, 5.74) is 0. The second-order valence-electron chi connectivity index (χ2n) is 2.36. The lowest BCUT2D eigenvalue weighted by molar-refractivity contribution is 0.320. The SMILES string of the molecule is BrCC(Br)C1CCC1. The van der Waals surface area contributed by atoms with Crippen molar-refractivity contribution >= 4 is 31.9 Å². The van der Waals surface area contributed by atoms with Gasteiger partial charge in [0, 0.05) is 10.2 Å². The molecule has 1 saturated carbocycles. The van der Waals surface area contributed by atoms with Crippen molar-refractivity contribution in [3.05, 3.63) is 0 Å². The number of hydrogen-bond acceptors (Lipinski definition) is 0. The molecule has 0 aromatic rings. The number of halogens is 2. The topological polar surface area (TPSA) is 0 Å². The van der Waals surface area contributed by atoms with E-state index in [1.54, 1.807) is 0 Å². The normalized spacial score (nSPS) is 24.8. The van der Waals surface area contributed by atoms with Gasteiger partial charge in [-0.3, -0.25) is 0 Å². The maximum atomic E-state index is 3.61. The standard InChI is InChI=1S/C6H10Br2/c7-4-6(8)5-2-1-3-5/h5-6H,1-4H2. The molecular weight excluding hydrogens is 232 g/mol. The zero-order valence-corrected chi connectivity index (χ0v) is 7.91. The molecule has 2 heteroatoms. The van der Waals surface area contributed by atoms with E-state index < -0.39 is 0 Å². The predicted octanol–water partition coefficient (Wildman–Crippen LogP) is 2.94. The van der Waals surface area contributed by atoms with Gasteiger partial charge in [0.15, 0.2) is 0 Å². The number of alkyl halides is 2. The lowest BCUT2D eigenvalue weighted by Crippen LogP contribution is -2.22. The molecule has 1 aliphatic carbocycles. The fourth-order valence-corrected chi connectivity index (χ4v) is 1.98. The molecule has 0 amide bonds. The third-order valence-corrected chi connectivity index (χ3v) is 4.45. The molecule has 0 saturated heterocycles. The molecule has 0 N–H and O–H groups in total. The molecular formula is C6H10Br2.